The molecule has 43 heavy (non-hydrogen) atoms. The third kappa shape index (κ3) is 6.94. The van der Waals surface area contributed by atoms with Gasteiger partial charge in [-0.1, -0.05) is 74.4 Å². The van der Waals surface area contributed by atoms with Gasteiger partial charge in [0.05, 0.1) is 5.56 Å². The van der Waals surface area contributed by atoms with E-state index < -0.39 is 40.7 Å². The van der Waals surface area contributed by atoms with Crippen LogP contribution >= 0.6 is 0 Å². The minimum absolute atomic E-state index is 0.0491. The zero-order valence-electron chi connectivity index (χ0n) is 23.3. The predicted octanol–water partition coefficient (Wildman–Crippen LogP) is 11.1. The maximum atomic E-state index is 15.1. The second-order valence-electron chi connectivity index (χ2n) is 10.3. The molecule has 0 aliphatic rings. The lowest BCUT2D eigenvalue weighted by molar-refractivity contribution is -0.187. The highest BCUT2D eigenvalue weighted by molar-refractivity contribution is 5.71. The molecular formula is C36H28F6O. The van der Waals surface area contributed by atoms with E-state index in [1.165, 1.54) is 42.0 Å². The first-order valence-electron chi connectivity index (χ1n) is 14.0. The van der Waals surface area contributed by atoms with E-state index in [2.05, 4.69) is 11.7 Å². The fourth-order valence-electron chi connectivity index (χ4n) is 4.92. The summed E-state index contributed by atoms with van der Waals surface area (Å²) >= 11 is 0. The Balaban J connectivity index is 1.32. The van der Waals surface area contributed by atoms with Crippen LogP contribution in [0.3, 0.4) is 0 Å². The first-order chi connectivity index (χ1) is 20.6. The van der Waals surface area contributed by atoms with E-state index in [0.29, 0.717) is 11.1 Å². The molecule has 5 rings (SSSR count). The molecule has 0 saturated heterocycles. The van der Waals surface area contributed by atoms with Gasteiger partial charge in [0.15, 0.2) is 0 Å². The third-order valence-electron chi connectivity index (χ3n) is 7.26. The molecule has 0 aliphatic heterocycles. The molecule has 5 aromatic carbocycles. The van der Waals surface area contributed by atoms with E-state index in [1.807, 2.05) is 24.3 Å². The van der Waals surface area contributed by atoms with Crippen molar-refractivity contribution in [2.24, 2.45) is 0 Å². The zero-order valence-corrected chi connectivity index (χ0v) is 23.3. The molecule has 1 nitrogen and oxygen atoms in total. The number of rotatable bonds is 10. The van der Waals surface area contributed by atoms with Crippen molar-refractivity contribution in [2.45, 2.75) is 38.7 Å². The summed E-state index contributed by atoms with van der Waals surface area (Å²) in [5, 5.41) is 0. The summed E-state index contributed by atoms with van der Waals surface area (Å²) in [6, 6.07) is 23.3. The fraction of sp³-hybridized carbons (Fsp3) is 0.167. The Labute approximate surface area is 246 Å². The number of unbranched alkanes of at least 4 members (excludes halogenated alkanes) is 2. The number of ether oxygens (including phenoxy) is 1. The molecule has 0 heterocycles. The molecule has 0 radical (unpaired) electrons. The lowest BCUT2D eigenvalue weighted by Crippen LogP contribution is -2.23. The lowest BCUT2D eigenvalue weighted by atomic mass is 9.97. The topological polar surface area (TPSA) is 9.23 Å². The average Bonchev–Trinajstić information content (AvgIpc) is 2.98. The van der Waals surface area contributed by atoms with Gasteiger partial charge in [-0.15, -0.1) is 0 Å². The van der Waals surface area contributed by atoms with Crippen LogP contribution in [0, 0.1) is 23.3 Å². The van der Waals surface area contributed by atoms with Crippen LogP contribution < -0.4 is 4.74 Å². The van der Waals surface area contributed by atoms with Crippen molar-refractivity contribution in [3.63, 3.8) is 0 Å². The highest BCUT2D eigenvalue weighted by Gasteiger charge is 2.38. The molecular weight excluding hydrogens is 562 g/mol. The first-order valence-corrected chi connectivity index (χ1v) is 14.0. The molecule has 7 heteroatoms. The van der Waals surface area contributed by atoms with Crippen molar-refractivity contribution in [1.29, 1.82) is 0 Å². The maximum absolute atomic E-state index is 15.1. The van der Waals surface area contributed by atoms with Gasteiger partial charge in [-0.25, -0.2) is 17.6 Å². The van der Waals surface area contributed by atoms with Gasteiger partial charge >= 0.3 is 6.11 Å². The summed E-state index contributed by atoms with van der Waals surface area (Å²) in [6.45, 7) is 2.15. The van der Waals surface area contributed by atoms with Crippen LogP contribution in [0.1, 0.15) is 37.3 Å². The van der Waals surface area contributed by atoms with Gasteiger partial charge in [0.1, 0.15) is 29.0 Å². The van der Waals surface area contributed by atoms with Gasteiger partial charge in [-0.3, -0.25) is 0 Å². The normalized spacial score (nSPS) is 11.5. The molecule has 0 bridgehead atoms. The quantitative estimate of drug-likeness (QED) is 0.116. The first kappa shape index (κ1) is 30.0. The Hall–Kier alpha value is -4.52. The zero-order chi connectivity index (χ0) is 30.6. The SMILES string of the molecule is CCCCCc1ccc(-c2ccc(-c3ccc(C(F)(F)Oc4ccc(-c5ccc(F)cc5)c(F)c4)c(F)c3)c(F)c2)cc1. The maximum Gasteiger partial charge on any atom is 0.429 e. The molecule has 0 aliphatic carbocycles. The minimum atomic E-state index is -4.16. The summed E-state index contributed by atoms with van der Waals surface area (Å²) in [4.78, 5) is 0. The highest BCUT2D eigenvalue weighted by Crippen LogP contribution is 2.37. The largest absolute Gasteiger partial charge is 0.429 e. The molecule has 0 unspecified atom stereocenters. The van der Waals surface area contributed by atoms with E-state index in [4.69, 9.17) is 0 Å². The summed E-state index contributed by atoms with van der Waals surface area (Å²) in [5.41, 5.74) is 2.10. The number of hydrogen-bond acceptors (Lipinski definition) is 1. The van der Waals surface area contributed by atoms with Gasteiger partial charge in [-0.05, 0) is 83.1 Å². The Morgan fingerprint density at radius 3 is 1.79 bits per heavy atom. The predicted molar refractivity (Wildman–Crippen MR) is 157 cm³/mol. The van der Waals surface area contributed by atoms with Crippen LogP contribution in [0.2, 0.25) is 0 Å². The van der Waals surface area contributed by atoms with Gasteiger partial charge in [-0.2, -0.15) is 8.78 Å². The second-order valence-corrected chi connectivity index (χ2v) is 10.3. The molecule has 0 aromatic heterocycles. The standard InChI is InChI=1S/C36H28F6O/c1-2-3-4-5-23-6-8-24(9-7-23)26-12-17-31(33(38)20-26)27-13-19-32(35(40)21-27)36(41,42)43-29-16-18-30(34(39)22-29)25-10-14-28(37)15-11-25/h6-22H,2-5H2,1H3. The van der Waals surface area contributed by atoms with Gasteiger partial charge in [0.25, 0.3) is 0 Å². The smallest absolute Gasteiger partial charge is 0.429 e. The Morgan fingerprint density at radius 1 is 0.558 bits per heavy atom. The van der Waals surface area contributed by atoms with Crippen molar-refractivity contribution in [3.8, 4) is 39.1 Å². The van der Waals surface area contributed by atoms with E-state index in [1.54, 1.807) is 6.07 Å². The Morgan fingerprint density at radius 2 is 1.14 bits per heavy atom. The molecule has 0 N–H and O–H groups in total. The van der Waals surface area contributed by atoms with Crippen LogP contribution in [0.5, 0.6) is 5.75 Å². The third-order valence-corrected chi connectivity index (χ3v) is 7.26. The molecule has 0 saturated carbocycles. The Bertz CT molecular complexity index is 1710. The van der Waals surface area contributed by atoms with E-state index in [9.17, 15) is 22.0 Å². The van der Waals surface area contributed by atoms with Gasteiger partial charge < -0.3 is 4.74 Å². The number of benzene rings is 5. The van der Waals surface area contributed by atoms with Crippen LogP contribution in [0.25, 0.3) is 33.4 Å². The van der Waals surface area contributed by atoms with Gasteiger partial charge in [0, 0.05) is 17.2 Å². The molecule has 5 aromatic rings. The number of alkyl halides is 2. The van der Waals surface area contributed by atoms with E-state index in [-0.39, 0.29) is 16.7 Å². The minimum Gasteiger partial charge on any atom is -0.429 e. The summed E-state index contributed by atoms with van der Waals surface area (Å²) in [5.74, 6) is -3.86. The second kappa shape index (κ2) is 12.8. The molecule has 0 amide bonds. The van der Waals surface area contributed by atoms with Crippen molar-refractivity contribution in [1.82, 2.24) is 0 Å². The van der Waals surface area contributed by atoms with Crippen molar-refractivity contribution in [3.05, 3.63) is 138 Å². The van der Waals surface area contributed by atoms with Crippen LogP contribution in [0.15, 0.2) is 103 Å². The molecule has 0 spiro atoms. The molecule has 0 fully saturated rings. The van der Waals surface area contributed by atoms with Crippen LogP contribution in [-0.4, -0.2) is 0 Å². The summed E-state index contributed by atoms with van der Waals surface area (Å²) < 4.78 is 92.5. The van der Waals surface area contributed by atoms with Gasteiger partial charge in [0.2, 0.25) is 0 Å². The van der Waals surface area contributed by atoms with Crippen molar-refractivity contribution in [2.75, 3.05) is 0 Å². The monoisotopic (exact) mass is 590 g/mol. The van der Waals surface area contributed by atoms with Crippen LogP contribution in [0.4, 0.5) is 26.3 Å². The average molecular weight is 591 g/mol. The van der Waals surface area contributed by atoms with Crippen molar-refractivity contribution < 1.29 is 31.1 Å². The van der Waals surface area contributed by atoms with Crippen molar-refractivity contribution >= 4 is 0 Å². The summed E-state index contributed by atoms with van der Waals surface area (Å²) in [6.07, 6.45) is 0.236. The van der Waals surface area contributed by atoms with E-state index in [0.717, 1.165) is 67.6 Å². The summed E-state index contributed by atoms with van der Waals surface area (Å²) in [7, 11) is 0. The lowest BCUT2D eigenvalue weighted by Gasteiger charge is -2.20. The van der Waals surface area contributed by atoms with E-state index >= 15 is 4.39 Å². The molecule has 0 atom stereocenters. The number of hydrogen-bond donors (Lipinski definition) is 0. The fourth-order valence-corrected chi connectivity index (χ4v) is 4.92. The number of halogens is 6. The van der Waals surface area contributed by atoms with Crippen LogP contribution in [-0.2, 0) is 12.5 Å². The highest BCUT2D eigenvalue weighted by atomic mass is 19.3. The molecule has 220 valence electrons. The number of aryl methyl sites for hydroxylation is 1. The Kier molecular flexibility index (Phi) is 8.90.